The van der Waals surface area contributed by atoms with Gasteiger partial charge in [0.2, 0.25) is 0 Å². The molecule has 0 fully saturated rings. The van der Waals surface area contributed by atoms with Crippen LogP contribution in [0.5, 0.6) is 0 Å². The molecule has 1 aromatic rings. The molecule has 1 heterocycles. The second-order valence-electron chi connectivity index (χ2n) is 3.14. The Balaban J connectivity index is 2.60. The van der Waals surface area contributed by atoms with E-state index in [1.54, 1.807) is 26.1 Å². The first kappa shape index (κ1) is 11.6. The van der Waals surface area contributed by atoms with Crippen LogP contribution in [0.15, 0.2) is 12.3 Å². The molecule has 0 spiro atoms. The van der Waals surface area contributed by atoms with Crippen LogP contribution in [0.25, 0.3) is 0 Å². The Morgan fingerprint density at radius 3 is 3.00 bits per heavy atom. The summed E-state index contributed by atoms with van der Waals surface area (Å²) in [6.45, 7) is 3.91. The van der Waals surface area contributed by atoms with Gasteiger partial charge in [-0.15, -0.1) is 0 Å². The molecule has 0 aliphatic heterocycles. The number of hydrogen-bond donors (Lipinski definition) is 1. The lowest BCUT2D eigenvalue weighted by Gasteiger charge is -2.10. The van der Waals surface area contributed by atoms with Crippen LogP contribution in [0, 0.1) is 6.92 Å². The second kappa shape index (κ2) is 5.41. The fourth-order valence-corrected chi connectivity index (χ4v) is 1.19. The summed E-state index contributed by atoms with van der Waals surface area (Å²) in [4.78, 5) is 19.3. The van der Waals surface area contributed by atoms with E-state index in [0.717, 1.165) is 0 Å². The van der Waals surface area contributed by atoms with Crippen molar-refractivity contribution >= 4 is 5.97 Å². The SMILES string of the molecule is CCOC(=O)CC(N)c1ccnc(C)n1. The third-order valence-corrected chi connectivity index (χ3v) is 1.87. The Morgan fingerprint density at radius 1 is 1.67 bits per heavy atom. The molecule has 0 radical (unpaired) electrons. The largest absolute Gasteiger partial charge is 0.466 e. The lowest BCUT2D eigenvalue weighted by molar-refractivity contribution is -0.143. The molecule has 0 bridgehead atoms. The van der Waals surface area contributed by atoms with Crippen LogP contribution in [0.3, 0.4) is 0 Å². The van der Waals surface area contributed by atoms with Gasteiger partial charge in [0.25, 0.3) is 0 Å². The summed E-state index contributed by atoms with van der Waals surface area (Å²) in [5.74, 6) is 0.341. The maximum Gasteiger partial charge on any atom is 0.307 e. The molecule has 1 unspecified atom stereocenters. The Kier molecular flexibility index (Phi) is 4.17. The Morgan fingerprint density at radius 2 is 2.40 bits per heavy atom. The van der Waals surface area contributed by atoms with E-state index in [2.05, 4.69) is 9.97 Å². The molecule has 0 aliphatic rings. The number of carbonyl (C=O) groups excluding carboxylic acids is 1. The molecule has 0 aromatic carbocycles. The molecule has 0 amide bonds. The van der Waals surface area contributed by atoms with E-state index in [1.165, 1.54) is 0 Å². The molecule has 5 nitrogen and oxygen atoms in total. The topological polar surface area (TPSA) is 78.1 Å². The van der Waals surface area contributed by atoms with Crippen LogP contribution in [0.1, 0.15) is 30.9 Å². The predicted molar refractivity (Wildman–Crippen MR) is 54.9 cm³/mol. The Labute approximate surface area is 88.7 Å². The van der Waals surface area contributed by atoms with Crippen molar-refractivity contribution in [2.75, 3.05) is 6.61 Å². The minimum atomic E-state index is -0.425. The molecule has 5 heteroatoms. The normalized spacial score (nSPS) is 12.2. The van der Waals surface area contributed by atoms with Gasteiger partial charge in [0.15, 0.2) is 0 Å². The van der Waals surface area contributed by atoms with Crippen molar-refractivity contribution in [3.8, 4) is 0 Å². The van der Waals surface area contributed by atoms with Crippen molar-refractivity contribution in [1.29, 1.82) is 0 Å². The van der Waals surface area contributed by atoms with Gasteiger partial charge >= 0.3 is 5.97 Å². The van der Waals surface area contributed by atoms with Gasteiger partial charge in [0.05, 0.1) is 24.8 Å². The van der Waals surface area contributed by atoms with Crippen molar-refractivity contribution in [3.05, 3.63) is 23.8 Å². The lowest BCUT2D eigenvalue weighted by Crippen LogP contribution is -2.18. The number of carbonyl (C=O) groups is 1. The first-order valence-corrected chi connectivity index (χ1v) is 4.84. The third-order valence-electron chi connectivity index (χ3n) is 1.87. The van der Waals surface area contributed by atoms with Gasteiger partial charge in [-0.2, -0.15) is 0 Å². The molecule has 82 valence electrons. The highest BCUT2D eigenvalue weighted by atomic mass is 16.5. The molecular weight excluding hydrogens is 194 g/mol. The van der Waals surface area contributed by atoms with E-state index < -0.39 is 6.04 Å². The monoisotopic (exact) mass is 209 g/mol. The van der Waals surface area contributed by atoms with Crippen molar-refractivity contribution in [3.63, 3.8) is 0 Å². The highest BCUT2D eigenvalue weighted by molar-refractivity contribution is 5.70. The molecule has 1 aromatic heterocycles. The lowest BCUT2D eigenvalue weighted by atomic mass is 10.1. The summed E-state index contributed by atoms with van der Waals surface area (Å²) in [6, 6.07) is 1.28. The highest BCUT2D eigenvalue weighted by Crippen LogP contribution is 2.11. The minimum Gasteiger partial charge on any atom is -0.466 e. The smallest absolute Gasteiger partial charge is 0.307 e. The van der Waals surface area contributed by atoms with Crippen LogP contribution in [-0.2, 0) is 9.53 Å². The average molecular weight is 209 g/mol. The zero-order valence-corrected chi connectivity index (χ0v) is 8.93. The van der Waals surface area contributed by atoms with E-state index in [9.17, 15) is 4.79 Å². The van der Waals surface area contributed by atoms with Crippen LogP contribution < -0.4 is 5.73 Å². The van der Waals surface area contributed by atoms with Gasteiger partial charge in [-0.3, -0.25) is 4.79 Å². The third kappa shape index (κ3) is 3.63. The Bertz CT molecular complexity index is 341. The average Bonchev–Trinajstić information content (AvgIpc) is 2.18. The summed E-state index contributed by atoms with van der Waals surface area (Å²) in [5, 5.41) is 0. The molecule has 0 aliphatic carbocycles. The fourth-order valence-electron chi connectivity index (χ4n) is 1.19. The van der Waals surface area contributed by atoms with E-state index in [0.29, 0.717) is 18.1 Å². The maximum atomic E-state index is 11.2. The van der Waals surface area contributed by atoms with Gasteiger partial charge in [-0.1, -0.05) is 0 Å². The van der Waals surface area contributed by atoms with Gasteiger partial charge in [-0.05, 0) is 19.9 Å². The molecule has 2 N–H and O–H groups in total. The van der Waals surface area contributed by atoms with Gasteiger partial charge in [-0.25, -0.2) is 9.97 Å². The highest BCUT2D eigenvalue weighted by Gasteiger charge is 2.13. The molecule has 15 heavy (non-hydrogen) atoms. The van der Waals surface area contributed by atoms with Crippen LogP contribution in [0.2, 0.25) is 0 Å². The number of ether oxygens (including phenoxy) is 1. The van der Waals surface area contributed by atoms with E-state index in [-0.39, 0.29) is 12.4 Å². The fraction of sp³-hybridized carbons (Fsp3) is 0.500. The van der Waals surface area contributed by atoms with Crippen LogP contribution >= 0.6 is 0 Å². The molecule has 0 saturated carbocycles. The summed E-state index contributed by atoms with van der Waals surface area (Å²) >= 11 is 0. The van der Waals surface area contributed by atoms with Crippen molar-refractivity contribution in [1.82, 2.24) is 9.97 Å². The zero-order chi connectivity index (χ0) is 11.3. The number of rotatable bonds is 4. The number of nitrogens with zero attached hydrogens (tertiary/aromatic N) is 2. The summed E-state index contributed by atoms with van der Waals surface area (Å²) in [5.41, 5.74) is 6.47. The number of esters is 1. The van der Waals surface area contributed by atoms with Crippen molar-refractivity contribution < 1.29 is 9.53 Å². The number of aromatic nitrogens is 2. The van der Waals surface area contributed by atoms with E-state index in [4.69, 9.17) is 10.5 Å². The van der Waals surface area contributed by atoms with Gasteiger partial charge in [0.1, 0.15) is 5.82 Å². The molecule has 1 atom stereocenters. The van der Waals surface area contributed by atoms with Crippen LogP contribution in [-0.4, -0.2) is 22.5 Å². The van der Waals surface area contributed by atoms with E-state index in [1.807, 2.05) is 0 Å². The minimum absolute atomic E-state index is 0.143. The van der Waals surface area contributed by atoms with Crippen molar-refractivity contribution in [2.24, 2.45) is 5.73 Å². The Hall–Kier alpha value is -1.49. The predicted octanol–water partition coefficient (Wildman–Crippen LogP) is 0.738. The standard InChI is InChI=1S/C10H15N3O2/c1-3-15-10(14)6-8(11)9-4-5-12-7(2)13-9/h4-5,8H,3,6,11H2,1-2H3. The number of nitrogens with two attached hydrogens (primary N) is 1. The first-order chi connectivity index (χ1) is 7.13. The maximum absolute atomic E-state index is 11.2. The van der Waals surface area contributed by atoms with Crippen molar-refractivity contribution in [2.45, 2.75) is 26.3 Å². The molecule has 0 saturated heterocycles. The van der Waals surface area contributed by atoms with Gasteiger partial charge in [0, 0.05) is 6.20 Å². The zero-order valence-electron chi connectivity index (χ0n) is 8.93. The van der Waals surface area contributed by atoms with Gasteiger partial charge < -0.3 is 10.5 Å². The summed E-state index contributed by atoms with van der Waals surface area (Å²) in [7, 11) is 0. The summed E-state index contributed by atoms with van der Waals surface area (Å²) < 4.78 is 4.80. The first-order valence-electron chi connectivity index (χ1n) is 4.84. The molecule has 1 rings (SSSR count). The van der Waals surface area contributed by atoms with Crippen LogP contribution in [0.4, 0.5) is 0 Å². The summed E-state index contributed by atoms with van der Waals surface area (Å²) in [6.07, 6.45) is 1.77. The quantitative estimate of drug-likeness (QED) is 0.740. The molecular formula is C10H15N3O2. The van der Waals surface area contributed by atoms with E-state index >= 15 is 0 Å². The number of aryl methyl sites for hydroxylation is 1. The number of hydrogen-bond acceptors (Lipinski definition) is 5. The second-order valence-corrected chi connectivity index (χ2v) is 3.14.